The number of urea groups is 1. The molecule has 2 aromatic carbocycles. The highest BCUT2D eigenvalue weighted by Crippen LogP contribution is 2.21. The molecule has 0 spiro atoms. The average molecular weight is 689 g/mol. The molecule has 1 unspecified atom stereocenters. The zero-order chi connectivity index (χ0) is 35.0. The van der Waals surface area contributed by atoms with Gasteiger partial charge in [-0.1, -0.05) is 23.7 Å². The minimum absolute atomic E-state index is 0.0241. The predicted molar refractivity (Wildman–Crippen MR) is 175 cm³/mol. The van der Waals surface area contributed by atoms with E-state index in [1.807, 2.05) is 0 Å². The number of aromatic nitrogens is 1. The Labute approximate surface area is 282 Å². The van der Waals surface area contributed by atoms with Crippen LogP contribution in [0.1, 0.15) is 45.6 Å². The quantitative estimate of drug-likeness (QED) is 0.243. The largest absolute Gasteiger partial charge is 0.447 e. The maximum atomic E-state index is 13.9. The van der Waals surface area contributed by atoms with Crippen LogP contribution in [0, 0.1) is 11.6 Å². The van der Waals surface area contributed by atoms with Crippen LogP contribution in [0.5, 0.6) is 0 Å². The Morgan fingerprint density at radius 3 is 2.65 bits per heavy atom. The van der Waals surface area contributed by atoms with Gasteiger partial charge in [0, 0.05) is 50.7 Å². The van der Waals surface area contributed by atoms with Gasteiger partial charge in [0.25, 0.3) is 0 Å². The summed E-state index contributed by atoms with van der Waals surface area (Å²) in [5, 5.41) is 9.15. The summed E-state index contributed by atoms with van der Waals surface area (Å²) in [6.45, 7) is 5.71. The van der Waals surface area contributed by atoms with E-state index in [0.29, 0.717) is 35.8 Å². The summed E-state index contributed by atoms with van der Waals surface area (Å²) in [6.07, 6.45) is 0.794. The van der Waals surface area contributed by atoms with Gasteiger partial charge >= 0.3 is 18.2 Å². The Morgan fingerprint density at radius 2 is 1.90 bits per heavy atom. The van der Waals surface area contributed by atoms with Crippen molar-refractivity contribution in [3.05, 3.63) is 70.9 Å². The molecule has 3 N–H and O–H groups in total. The van der Waals surface area contributed by atoms with Crippen LogP contribution < -0.4 is 16.0 Å². The first-order chi connectivity index (χ1) is 22.7. The summed E-state index contributed by atoms with van der Waals surface area (Å²) in [7, 11) is 1.47. The molecular weight excluding hydrogens is 650 g/mol. The Kier molecular flexibility index (Phi) is 12.0. The van der Waals surface area contributed by atoms with Crippen LogP contribution in [-0.2, 0) is 20.8 Å². The van der Waals surface area contributed by atoms with E-state index in [2.05, 4.69) is 20.9 Å². The first-order valence-electron chi connectivity index (χ1n) is 15.4. The molecule has 48 heavy (non-hydrogen) atoms. The Morgan fingerprint density at radius 1 is 1.12 bits per heavy atom. The molecule has 2 atom stereocenters. The van der Waals surface area contributed by atoms with Gasteiger partial charge in [-0.3, -0.25) is 10.1 Å². The number of fused-ring (bicyclic) bond motifs is 1. The summed E-state index contributed by atoms with van der Waals surface area (Å²) < 4.78 is 38.4. The zero-order valence-electron chi connectivity index (χ0n) is 27.1. The number of carbonyl (C=O) groups is 4. The van der Waals surface area contributed by atoms with Crippen molar-refractivity contribution in [1.82, 2.24) is 25.4 Å². The highest BCUT2D eigenvalue weighted by Gasteiger charge is 2.31. The van der Waals surface area contributed by atoms with Crippen molar-refractivity contribution in [3.8, 4) is 0 Å². The summed E-state index contributed by atoms with van der Waals surface area (Å²) in [4.78, 5) is 58.1. The number of anilines is 1. The topological polar surface area (TPSA) is 142 Å². The number of rotatable bonds is 10. The van der Waals surface area contributed by atoms with E-state index in [4.69, 9.17) is 21.1 Å². The molecule has 1 aromatic heterocycles. The van der Waals surface area contributed by atoms with Crippen molar-refractivity contribution >= 4 is 52.3 Å². The fourth-order valence-corrected chi connectivity index (χ4v) is 5.19. The van der Waals surface area contributed by atoms with E-state index in [1.54, 1.807) is 32.9 Å². The molecule has 1 saturated heterocycles. The Balaban J connectivity index is 1.36. The number of hydrogen-bond acceptors (Lipinski definition) is 7. The molecular formula is C33H39ClF2N6O6. The molecule has 4 rings (SSSR count). The van der Waals surface area contributed by atoms with Crippen LogP contribution in [0.3, 0.4) is 0 Å². The van der Waals surface area contributed by atoms with Crippen LogP contribution in [0.25, 0.3) is 10.8 Å². The minimum atomic E-state index is -0.874. The molecule has 1 fully saturated rings. The summed E-state index contributed by atoms with van der Waals surface area (Å²) in [5.41, 5.74) is -0.274. The number of amides is 5. The van der Waals surface area contributed by atoms with Crippen LogP contribution in [0.2, 0.25) is 5.02 Å². The van der Waals surface area contributed by atoms with Crippen molar-refractivity contribution in [1.29, 1.82) is 0 Å². The smallest absolute Gasteiger partial charge is 0.412 e. The second kappa shape index (κ2) is 15.9. The first-order valence-corrected chi connectivity index (χ1v) is 15.8. The number of carbonyl (C=O) groups excluding carboxylic acids is 4. The highest BCUT2D eigenvalue weighted by molar-refractivity contribution is 6.31. The third-order valence-corrected chi connectivity index (χ3v) is 7.98. The van der Waals surface area contributed by atoms with Crippen LogP contribution in [-0.4, -0.2) is 83.3 Å². The minimum Gasteiger partial charge on any atom is -0.447 e. The number of likely N-dealkylation sites (tertiary alicyclic amines) is 1. The van der Waals surface area contributed by atoms with E-state index >= 15 is 0 Å². The van der Waals surface area contributed by atoms with Gasteiger partial charge in [-0.25, -0.2) is 28.1 Å². The van der Waals surface area contributed by atoms with Gasteiger partial charge in [0.2, 0.25) is 5.91 Å². The van der Waals surface area contributed by atoms with Crippen LogP contribution in [0.15, 0.2) is 48.7 Å². The summed E-state index contributed by atoms with van der Waals surface area (Å²) in [6, 6.07) is 8.30. The van der Waals surface area contributed by atoms with Gasteiger partial charge in [0.05, 0.1) is 11.1 Å². The lowest BCUT2D eigenvalue weighted by molar-refractivity contribution is -0.122. The highest BCUT2D eigenvalue weighted by atomic mass is 35.5. The number of ether oxygens (including phenoxy) is 2. The second-order valence-electron chi connectivity index (χ2n) is 12.4. The predicted octanol–water partition coefficient (Wildman–Crippen LogP) is 5.83. The van der Waals surface area contributed by atoms with E-state index < -0.39 is 41.5 Å². The molecule has 0 saturated carbocycles. The summed E-state index contributed by atoms with van der Waals surface area (Å²) >= 11 is 6.02. The summed E-state index contributed by atoms with van der Waals surface area (Å²) in [5.74, 6) is -1.25. The fourth-order valence-electron chi connectivity index (χ4n) is 5.00. The lowest BCUT2D eigenvalue weighted by Gasteiger charge is -2.28. The van der Waals surface area contributed by atoms with E-state index in [9.17, 15) is 28.0 Å². The van der Waals surface area contributed by atoms with Gasteiger partial charge < -0.3 is 29.9 Å². The number of hydrogen-bond donors (Lipinski definition) is 3. The number of nitrogens with one attached hydrogen (secondary N) is 3. The van der Waals surface area contributed by atoms with Crippen molar-refractivity contribution in [2.24, 2.45) is 0 Å². The molecule has 1 aliphatic rings. The van der Waals surface area contributed by atoms with E-state index in [0.717, 1.165) is 0 Å². The number of benzene rings is 2. The maximum Gasteiger partial charge on any atom is 0.412 e. The molecule has 0 bridgehead atoms. The Hall–Kier alpha value is -4.72. The van der Waals surface area contributed by atoms with Gasteiger partial charge in [-0.15, -0.1) is 0 Å². The standard InChI is InChI=1S/C33H39ClF2N6O6/c1-33(2,3)48-32(46)42-13-12-24(18-42)39-28(43)11-10-25(41(4)30(44)38-17-21-6-5-7-26(36)29(21)34)19-47-31(45)40-27-15-22-14-23(35)9-8-20(22)16-37-27/h5-9,14-16,24-25H,10-13,17-19H2,1-4H3,(H,38,44)(H,39,43)(H,37,40,45)/t24?,25-/m1/s1. The van der Waals surface area contributed by atoms with Crippen molar-refractivity contribution < 1.29 is 37.4 Å². The number of pyridine rings is 1. The third-order valence-electron chi connectivity index (χ3n) is 7.56. The van der Waals surface area contributed by atoms with Crippen molar-refractivity contribution in [2.75, 3.05) is 32.1 Å². The molecule has 3 aromatic rings. The number of halogens is 3. The number of nitrogens with zero attached hydrogens (tertiary/aromatic N) is 3. The molecule has 258 valence electrons. The lowest BCUT2D eigenvalue weighted by atomic mass is 10.1. The lowest BCUT2D eigenvalue weighted by Crippen LogP contribution is -2.46. The first kappa shape index (κ1) is 36.1. The second-order valence-corrected chi connectivity index (χ2v) is 12.8. The van der Waals surface area contributed by atoms with Gasteiger partial charge in [0.1, 0.15) is 29.7 Å². The zero-order valence-corrected chi connectivity index (χ0v) is 27.9. The van der Waals surface area contributed by atoms with E-state index in [1.165, 1.54) is 53.4 Å². The molecule has 0 radical (unpaired) electrons. The third kappa shape index (κ3) is 10.4. The SMILES string of the molecule is CN(C(=O)NCc1cccc(F)c1Cl)[C@H](CCC(=O)NC1CCN(C(=O)OC(C)(C)C)C1)COC(=O)Nc1cc2cc(F)ccc2cn1. The van der Waals surface area contributed by atoms with Crippen LogP contribution in [0.4, 0.5) is 29.0 Å². The van der Waals surface area contributed by atoms with Crippen molar-refractivity contribution in [3.63, 3.8) is 0 Å². The van der Waals surface area contributed by atoms with Crippen molar-refractivity contribution in [2.45, 2.75) is 64.3 Å². The monoisotopic (exact) mass is 688 g/mol. The molecule has 0 aliphatic carbocycles. The average Bonchev–Trinajstić information content (AvgIpc) is 3.49. The normalized spacial score (nSPS) is 15.1. The molecule has 1 aliphatic heterocycles. The van der Waals surface area contributed by atoms with Gasteiger partial charge in [0.15, 0.2) is 0 Å². The van der Waals surface area contributed by atoms with Gasteiger partial charge in [-0.2, -0.15) is 0 Å². The van der Waals surface area contributed by atoms with Gasteiger partial charge in [-0.05, 0) is 74.9 Å². The fraction of sp³-hybridized carbons (Fsp3) is 0.424. The molecule has 2 heterocycles. The molecule has 12 nitrogen and oxygen atoms in total. The molecule has 5 amide bonds. The maximum absolute atomic E-state index is 13.9. The Bertz CT molecular complexity index is 1650. The van der Waals surface area contributed by atoms with E-state index in [-0.39, 0.29) is 48.8 Å². The molecule has 15 heteroatoms. The number of likely N-dealkylation sites (N-methyl/N-ethyl adjacent to an activating group) is 1. The van der Waals surface area contributed by atoms with Crippen LogP contribution >= 0.6 is 11.6 Å².